The summed E-state index contributed by atoms with van der Waals surface area (Å²) in [5.41, 5.74) is 7.07. The lowest BCUT2D eigenvalue weighted by Crippen LogP contribution is -2.47. The molecule has 2 bridgehead atoms. The van der Waals surface area contributed by atoms with Crippen LogP contribution in [-0.4, -0.2) is 41.0 Å². The Balaban J connectivity index is 0.00000256. The second-order valence-electron chi connectivity index (χ2n) is 6.76. The molecule has 0 saturated heterocycles. The number of allylic oxidation sites excluding steroid dienone is 2. The minimum Gasteiger partial charge on any atom is -0.481 e. The highest BCUT2D eigenvalue weighted by atomic mass is 35.5. The van der Waals surface area contributed by atoms with E-state index >= 15 is 0 Å². The van der Waals surface area contributed by atoms with Crippen LogP contribution >= 0.6 is 82.0 Å². The van der Waals surface area contributed by atoms with Gasteiger partial charge in [0.2, 0.25) is 5.91 Å². The summed E-state index contributed by atoms with van der Waals surface area (Å²) >= 11 is 38.3. The van der Waals surface area contributed by atoms with Crippen LogP contribution in [0.1, 0.15) is 0 Å². The van der Waals surface area contributed by atoms with Gasteiger partial charge in [0.25, 0.3) is 0 Å². The van der Waals surface area contributed by atoms with Crippen molar-refractivity contribution in [3.8, 4) is 0 Å². The van der Waals surface area contributed by atoms with E-state index in [2.05, 4.69) is 15.3 Å². The number of alkyl halides is 4. The number of nitrogens with one attached hydrogen (secondary N) is 2. The first-order valence-electron chi connectivity index (χ1n) is 7.98. The van der Waals surface area contributed by atoms with E-state index < -0.39 is 37.8 Å². The van der Waals surface area contributed by atoms with Crippen LogP contribution in [0, 0.1) is 11.8 Å². The van der Waals surface area contributed by atoms with Gasteiger partial charge in [-0.3, -0.25) is 9.59 Å². The number of halogens is 7. The van der Waals surface area contributed by atoms with Crippen molar-refractivity contribution in [1.82, 2.24) is 9.97 Å². The first kappa shape index (κ1) is 23.9. The number of carbonyl (C=O) groups is 2. The molecule has 1 heterocycles. The highest BCUT2D eigenvalue weighted by molar-refractivity contribution is 6.66. The summed E-state index contributed by atoms with van der Waals surface area (Å²) < 4.78 is -2.16. The van der Waals surface area contributed by atoms with Crippen LogP contribution in [0.15, 0.2) is 28.3 Å². The maximum absolute atomic E-state index is 13.1. The number of amides is 1. The number of carbonyl (C=O) groups excluding carboxylic acids is 1. The number of rotatable bonds is 3. The number of imidazole rings is 1. The largest absolute Gasteiger partial charge is 0.481 e. The van der Waals surface area contributed by atoms with E-state index in [1.807, 2.05) is 0 Å². The molecule has 5 N–H and O–H groups in total. The average Bonchev–Trinajstić information content (AvgIpc) is 3.10. The lowest BCUT2D eigenvalue weighted by molar-refractivity contribution is -0.146. The van der Waals surface area contributed by atoms with Crippen molar-refractivity contribution in [3.63, 3.8) is 0 Å². The Morgan fingerprint density at radius 3 is 2.23 bits per heavy atom. The van der Waals surface area contributed by atoms with Crippen LogP contribution in [0.4, 0.5) is 11.6 Å². The third kappa shape index (κ3) is 2.76. The number of nitrogens with zero attached hydrogens (tertiary/aromatic N) is 1. The first-order valence-corrected chi connectivity index (χ1v) is 10.2. The SMILES string of the molecule is Cl.Nc1nc2ccc(NC(=O)[C@H]3[C@@H](C(=O)O)C4(Cl)C(Cl)=C(Cl)C3(Cl)C4(Cl)Cl)cc2[nH]1. The van der Waals surface area contributed by atoms with Gasteiger partial charge < -0.3 is 21.1 Å². The van der Waals surface area contributed by atoms with E-state index in [9.17, 15) is 14.7 Å². The van der Waals surface area contributed by atoms with Crippen molar-refractivity contribution in [1.29, 1.82) is 0 Å². The highest BCUT2D eigenvalue weighted by Crippen LogP contribution is 2.76. The number of fused-ring (bicyclic) bond motifs is 3. The van der Waals surface area contributed by atoms with Gasteiger partial charge >= 0.3 is 5.97 Å². The summed E-state index contributed by atoms with van der Waals surface area (Å²) in [7, 11) is 0. The smallest absolute Gasteiger partial charge is 0.309 e. The van der Waals surface area contributed by atoms with E-state index in [1.165, 1.54) is 0 Å². The number of nitrogens with two attached hydrogens (primary N) is 1. The highest BCUT2D eigenvalue weighted by Gasteiger charge is 2.85. The summed E-state index contributed by atoms with van der Waals surface area (Å²) in [6.07, 6.45) is 0. The quantitative estimate of drug-likeness (QED) is 0.411. The number of anilines is 2. The predicted molar refractivity (Wildman–Crippen MR) is 121 cm³/mol. The van der Waals surface area contributed by atoms with Crippen LogP contribution < -0.4 is 11.1 Å². The first-order chi connectivity index (χ1) is 13.4. The van der Waals surface area contributed by atoms with Crippen molar-refractivity contribution in [2.24, 2.45) is 11.8 Å². The maximum Gasteiger partial charge on any atom is 0.309 e. The molecule has 14 heteroatoms. The van der Waals surface area contributed by atoms with Crippen molar-refractivity contribution in [2.75, 3.05) is 11.1 Å². The molecule has 0 radical (unpaired) electrons. The summed E-state index contributed by atoms with van der Waals surface area (Å²) in [4.78, 5) is 27.9. The molecule has 4 rings (SSSR count). The van der Waals surface area contributed by atoms with Gasteiger partial charge in [-0.1, -0.05) is 46.4 Å². The van der Waals surface area contributed by atoms with Gasteiger partial charge in [0.1, 0.15) is 9.75 Å². The van der Waals surface area contributed by atoms with Crippen LogP contribution in [0.3, 0.4) is 0 Å². The van der Waals surface area contributed by atoms with Crippen molar-refractivity contribution in [2.45, 2.75) is 14.1 Å². The molecule has 1 saturated carbocycles. The van der Waals surface area contributed by atoms with E-state index in [1.54, 1.807) is 18.2 Å². The fraction of sp³-hybridized carbons (Fsp3) is 0.312. The Morgan fingerprint density at radius 1 is 1.10 bits per heavy atom. The molecule has 7 nitrogen and oxygen atoms in total. The number of hydrogen-bond acceptors (Lipinski definition) is 4. The minimum absolute atomic E-state index is 0. The molecule has 2 unspecified atom stereocenters. The van der Waals surface area contributed by atoms with Crippen molar-refractivity contribution in [3.05, 3.63) is 28.3 Å². The standard InChI is InChI=1S/C16H10Cl6N4O3.ClH/c17-9-10(18)15(20)8(12(28)29)7(14(9,19)16(15,21)22)11(27)24-4-1-2-5-6(3-4)26-13(23)25-5;/h1-3,7-8H,(H,24,27)(H,28,29)(H3,23,25,26);1H/t7-,8+,14?,15?;/m1./s1. The van der Waals surface area contributed by atoms with E-state index in [-0.39, 0.29) is 28.4 Å². The monoisotopic (exact) mass is 552 g/mol. The molecular formula is C16H11Cl7N4O3. The molecule has 1 fully saturated rings. The third-order valence-corrected chi connectivity index (χ3v) is 9.51. The molecule has 1 aromatic carbocycles. The number of H-pyrrole nitrogens is 1. The number of hydrogen-bond donors (Lipinski definition) is 4. The zero-order chi connectivity index (χ0) is 21.5. The Hall–Kier alpha value is -0.800. The number of aromatic nitrogens is 2. The molecule has 2 aliphatic rings. The molecular weight excluding hydrogens is 544 g/mol. The van der Waals surface area contributed by atoms with Crippen molar-refractivity contribution >= 4 is 117 Å². The maximum atomic E-state index is 13.1. The van der Waals surface area contributed by atoms with Crippen LogP contribution in [0.5, 0.6) is 0 Å². The fourth-order valence-corrected chi connectivity index (χ4v) is 6.89. The van der Waals surface area contributed by atoms with E-state index in [0.717, 1.165) is 0 Å². The second kappa shape index (κ2) is 7.37. The Kier molecular flexibility index (Phi) is 5.86. The normalized spacial score (nSPS) is 31.7. The van der Waals surface area contributed by atoms with Gasteiger partial charge in [-0.25, -0.2) is 4.98 Å². The number of carboxylic acids is 1. The predicted octanol–water partition coefficient (Wildman–Crippen LogP) is 4.67. The molecule has 30 heavy (non-hydrogen) atoms. The number of aliphatic carboxylic acids is 1. The number of benzene rings is 1. The minimum atomic E-state index is -2.16. The van der Waals surface area contributed by atoms with Gasteiger partial charge in [-0.15, -0.1) is 35.6 Å². The van der Waals surface area contributed by atoms with E-state index in [0.29, 0.717) is 16.7 Å². The van der Waals surface area contributed by atoms with Gasteiger partial charge in [-0.05, 0) is 18.2 Å². The molecule has 2 aliphatic carbocycles. The molecule has 2 aromatic rings. The lowest BCUT2D eigenvalue weighted by Gasteiger charge is -2.33. The van der Waals surface area contributed by atoms with Gasteiger partial charge in [0, 0.05) is 5.69 Å². The molecule has 1 aromatic heterocycles. The summed E-state index contributed by atoms with van der Waals surface area (Å²) in [5.74, 6) is -5.21. The molecule has 0 spiro atoms. The Bertz CT molecular complexity index is 1120. The third-order valence-electron chi connectivity index (χ3n) is 5.25. The number of nitrogen functional groups attached to an aromatic ring is 1. The van der Waals surface area contributed by atoms with Gasteiger partial charge in [-0.2, -0.15) is 0 Å². The van der Waals surface area contributed by atoms with Crippen LogP contribution in [0.2, 0.25) is 0 Å². The van der Waals surface area contributed by atoms with Crippen LogP contribution in [0.25, 0.3) is 11.0 Å². The second-order valence-corrected chi connectivity index (χ2v) is 10.0. The fourth-order valence-electron chi connectivity index (χ4n) is 3.95. The Labute approximate surface area is 205 Å². The molecule has 4 atom stereocenters. The molecule has 0 aliphatic heterocycles. The number of carboxylic acid groups (broad SMARTS) is 1. The van der Waals surface area contributed by atoms with Gasteiger partial charge in [0.15, 0.2) is 10.3 Å². The zero-order valence-corrected chi connectivity index (χ0v) is 19.7. The zero-order valence-electron chi connectivity index (χ0n) is 14.4. The summed E-state index contributed by atoms with van der Waals surface area (Å²) in [5, 5.41) is 11.8. The number of aromatic amines is 1. The van der Waals surface area contributed by atoms with E-state index in [4.69, 9.17) is 75.3 Å². The molecule has 1 amide bonds. The molecule has 162 valence electrons. The lowest BCUT2D eigenvalue weighted by atomic mass is 9.81. The van der Waals surface area contributed by atoms with Crippen LogP contribution in [-0.2, 0) is 9.59 Å². The Morgan fingerprint density at radius 2 is 1.67 bits per heavy atom. The topological polar surface area (TPSA) is 121 Å². The summed E-state index contributed by atoms with van der Waals surface area (Å²) in [6.45, 7) is 0. The van der Waals surface area contributed by atoms with Crippen molar-refractivity contribution < 1.29 is 14.7 Å². The van der Waals surface area contributed by atoms with Gasteiger partial charge in [0.05, 0.1) is 32.9 Å². The summed E-state index contributed by atoms with van der Waals surface area (Å²) in [6, 6.07) is 4.74. The average molecular weight is 555 g/mol.